The Morgan fingerprint density at radius 3 is 2.71 bits per heavy atom. The summed E-state index contributed by atoms with van der Waals surface area (Å²) in [6, 6.07) is 2.58. The van der Waals surface area contributed by atoms with Crippen molar-refractivity contribution in [3.05, 3.63) is 48.1 Å². The van der Waals surface area contributed by atoms with Gasteiger partial charge in [0, 0.05) is 11.6 Å². The summed E-state index contributed by atoms with van der Waals surface area (Å²) in [4.78, 5) is 14.9. The van der Waals surface area contributed by atoms with Crippen LogP contribution in [0.15, 0.2) is 30.9 Å². The molecule has 0 amide bonds. The minimum atomic E-state index is -2.10. The lowest BCUT2D eigenvalue weighted by molar-refractivity contribution is -0.153. The van der Waals surface area contributed by atoms with E-state index in [4.69, 9.17) is 5.11 Å². The van der Waals surface area contributed by atoms with Gasteiger partial charge in [-0.2, -0.15) is 5.10 Å². The summed E-state index contributed by atoms with van der Waals surface area (Å²) in [5, 5.41) is 23.7. The van der Waals surface area contributed by atoms with Crippen molar-refractivity contribution in [3.63, 3.8) is 0 Å². The van der Waals surface area contributed by atoms with Crippen molar-refractivity contribution in [2.45, 2.75) is 19.1 Å². The Balaban J connectivity index is 2.51. The second kappa shape index (κ2) is 5.57. The molecule has 2 N–H and O–H groups in total. The van der Waals surface area contributed by atoms with E-state index in [2.05, 4.69) is 10.1 Å². The first-order valence-electron chi connectivity index (χ1n) is 6.07. The Kier molecular flexibility index (Phi) is 3.99. The molecule has 0 spiro atoms. The fraction of sp³-hybridized carbons (Fsp3) is 0.308. The van der Waals surface area contributed by atoms with Crippen LogP contribution in [-0.4, -0.2) is 30.9 Å². The molecule has 0 fully saturated rings. The SMILES string of the molecule is C[C@@H](C(=O)O)[C@](O)(Cn1cncn1)c1ccc(F)cc1F. The first kappa shape index (κ1) is 15.0. The predicted octanol–water partition coefficient (Wildman–Crippen LogP) is 1.16. The highest BCUT2D eigenvalue weighted by atomic mass is 19.1. The zero-order chi connectivity index (χ0) is 15.6. The maximum absolute atomic E-state index is 14.0. The van der Waals surface area contributed by atoms with E-state index in [1.807, 2.05) is 0 Å². The third-order valence-corrected chi connectivity index (χ3v) is 3.35. The van der Waals surface area contributed by atoms with E-state index in [9.17, 15) is 18.7 Å². The molecule has 6 nitrogen and oxygen atoms in total. The van der Waals surface area contributed by atoms with Gasteiger partial charge in [-0.3, -0.25) is 4.79 Å². The molecule has 21 heavy (non-hydrogen) atoms. The van der Waals surface area contributed by atoms with Crippen molar-refractivity contribution in [2.75, 3.05) is 0 Å². The number of rotatable bonds is 5. The molecule has 0 saturated carbocycles. The molecule has 0 bridgehead atoms. The van der Waals surface area contributed by atoms with Gasteiger partial charge in [-0.25, -0.2) is 18.4 Å². The van der Waals surface area contributed by atoms with Crippen molar-refractivity contribution < 1.29 is 23.8 Å². The molecule has 2 atom stereocenters. The third kappa shape index (κ3) is 2.89. The van der Waals surface area contributed by atoms with Gasteiger partial charge < -0.3 is 10.2 Å². The van der Waals surface area contributed by atoms with E-state index >= 15 is 0 Å². The predicted molar refractivity (Wildman–Crippen MR) is 67.1 cm³/mol. The minimum absolute atomic E-state index is 0.311. The van der Waals surface area contributed by atoms with Gasteiger partial charge in [-0.1, -0.05) is 6.07 Å². The van der Waals surface area contributed by atoms with Crippen LogP contribution in [0.4, 0.5) is 8.78 Å². The van der Waals surface area contributed by atoms with E-state index in [-0.39, 0.29) is 12.1 Å². The highest BCUT2D eigenvalue weighted by Gasteiger charge is 2.42. The molecule has 0 unspecified atom stereocenters. The first-order chi connectivity index (χ1) is 9.84. The molecule has 1 aromatic heterocycles. The fourth-order valence-electron chi connectivity index (χ4n) is 2.06. The highest BCUT2D eigenvalue weighted by molar-refractivity contribution is 5.71. The number of halogens is 2. The van der Waals surface area contributed by atoms with E-state index in [1.54, 1.807) is 0 Å². The van der Waals surface area contributed by atoms with E-state index in [0.717, 1.165) is 12.1 Å². The largest absolute Gasteiger partial charge is 0.481 e. The maximum atomic E-state index is 14.0. The smallest absolute Gasteiger partial charge is 0.309 e. The van der Waals surface area contributed by atoms with E-state index < -0.39 is 29.1 Å². The molecule has 1 heterocycles. The van der Waals surface area contributed by atoms with Gasteiger partial charge in [0.15, 0.2) is 0 Å². The summed E-state index contributed by atoms with van der Waals surface area (Å²) >= 11 is 0. The Morgan fingerprint density at radius 2 is 2.19 bits per heavy atom. The van der Waals surface area contributed by atoms with Gasteiger partial charge in [-0.15, -0.1) is 0 Å². The number of carboxylic acid groups (broad SMARTS) is 1. The monoisotopic (exact) mass is 297 g/mol. The van der Waals surface area contributed by atoms with Gasteiger partial charge in [-0.05, 0) is 13.0 Å². The van der Waals surface area contributed by atoms with Gasteiger partial charge in [0.2, 0.25) is 0 Å². The van der Waals surface area contributed by atoms with Crippen LogP contribution >= 0.6 is 0 Å². The Morgan fingerprint density at radius 1 is 1.48 bits per heavy atom. The van der Waals surface area contributed by atoms with Crippen LogP contribution < -0.4 is 0 Å². The molecule has 2 rings (SSSR count). The lowest BCUT2D eigenvalue weighted by atomic mass is 9.81. The van der Waals surface area contributed by atoms with Crippen molar-refractivity contribution in [1.29, 1.82) is 0 Å². The average molecular weight is 297 g/mol. The lowest BCUT2D eigenvalue weighted by Gasteiger charge is -2.32. The number of carbonyl (C=O) groups is 1. The van der Waals surface area contributed by atoms with Crippen LogP contribution in [-0.2, 0) is 16.9 Å². The summed E-state index contributed by atoms with van der Waals surface area (Å²) in [6.07, 6.45) is 2.47. The number of hydrogen-bond donors (Lipinski definition) is 2. The molecule has 0 aliphatic heterocycles. The Bertz CT molecular complexity index is 648. The summed E-state index contributed by atoms with van der Waals surface area (Å²) in [7, 11) is 0. The number of nitrogens with zero attached hydrogens (tertiary/aromatic N) is 3. The van der Waals surface area contributed by atoms with Crippen molar-refractivity contribution in [2.24, 2.45) is 5.92 Å². The molecule has 2 aromatic rings. The van der Waals surface area contributed by atoms with Crippen LogP contribution in [0.2, 0.25) is 0 Å². The quantitative estimate of drug-likeness (QED) is 0.864. The first-order valence-corrected chi connectivity index (χ1v) is 6.07. The molecule has 8 heteroatoms. The average Bonchev–Trinajstić information content (AvgIpc) is 2.89. The van der Waals surface area contributed by atoms with E-state index in [1.165, 1.54) is 24.3 Å². The lowest BCUT2D eigenvalue weighted by Crippen LogP contribution is -2.42. The topological polar surface area (TPSA) is 88.2 Å². The molecule has 0 aliphatic carbocycles. The summed E-state index contributed by atoms with van der Waals surface area (Å²) in [6.45, 7) is 0.908. The van der Waals surface area contributed by atoms with Gasteiger partial charge in [0.25, 0.3) is 0 Å². The summed E-state index contributed by atoms with van der Waals surface area (Å²) in [5.74, 6) is -4.50. The van der Waals surface area contributed by atoms with E-state index in [0.29, 0.717) is 6.07 Å². The van der Waals surface area contributed by atoms with Crippen molar-refractivity contribution in [3.8, 4) is 0 Å². The minimum Gasteiger partial charge on any atom is -0.481 e. The number of benzene rings is 1. The third-order valence-electron chi connectivity index (χ3n) is 3.35. The van der Waals surface area contributed by atoms with Crippen LogP contribution in [0.3, 0.4) is 0 Å². The molecular weight excluding hydrogens is 284 g/mol. The molecule has 0 aliphatic rings. The molecule has 0 radical (unpaired) electrons. The molecular formula is C13H13F2N3O3. The number of aliphatic hydroxyl groups is 1. The zero-order valence-corrected chi connectivity index (χ0v) is 11.1. The van der Waals surface area contributed by atoms with Gasteiger partial charge in [0.05, 0.1) is 12.5 Å². The zero-order valence-electron chi connectivity index (χ0n) is 11.1. The second-order valence-electron chi connectivity index (χ2n) is 4.70. The highest BCUT2D eigenvalue weighted by Crippen LogP contribution is 2.33. The van der Waals surface area contributed by atoms with Crippen LogP contribution in [0.5, 0.6) is 0 Å². The van der Waals surface area contributed by atoms with Gasteiger partial charge in [0.1, 0.15) is 29.9 Å². The maximum Gasteiger partial charge on any atom is 0.309 e. The number of carboxylic acids is 1. The van der Waals surface area contributed by atoms with Gasteiger partial charge >= 0.3 is 5.97 Å². The number of hydrogen-bond acceptors (Lipinski definition) is 4. The second-order valence-corrected chi connectivity index (χ2v) is 4.70. The van der Waals surface area contributed by atoms with Crippen LogP contribution in [0, 0.1) is 17.6 Å². The standard InChI is InChI=1S/C13H13F2N3O3/c1-8(12(19)20)13(21,5-18-7-16-6-17-18)10-3-2-9(14)4-11(10)15/h2-4,6-8,21H,5H2,1H3,(H,19,20)/t8-,13+/m0/s1. The molecule has 0 saturated heterocycles. The number of aliphatic carboxylic acids is 1. The molecule has 1 aromatic carbocycles. The van der Waals surface area contributed by atoms with Crippen LogP contribution in [0.25, 0.3) is 0 Å². The van der Waals surface area contributed by atoms with Crippen molar-refractivity contribution in [1.82, 2.24) is 14.8 Å². The number of aromatic nitrogens is 3. The normalized spacial score (nSPS) is 15.4. The van der Waals surface area contributed by atoms with Crippen LogP contribution in [0.1, 0.15) is 12.5 Å². The summed E-state index contributed by atoms with van der Waals surface area (Å²) < 4.78 is 28.1. The fourth-order valence-corrected chi connectivity index (χ4v) is 2.06. The Hall–Kier alpha value is -2.35. The summed E-state index contributed by atoms with van der Waals surface area (Å²) in [5.41, 5.74) is -2.41. The van der Waals surface area contributed by atoms with Crippen molar-refractivity contribution >= 4 is 5.97 Å². The Labute approximate surface area is 118 Å². The molecule has 112 valence electrons.